The van der Waals surface area contributed by atoms with Crippen molar-refractivity contribution in [1.29, 1.82) is 0 Å². The fourth-order valence-electron chi connectivity index (χ4n) is 2.55. The lowest BCUT2D eigenvalue weighted by atomic mass is 10.2. The number of hydrogen-bond donors (Lipinski definition) is 2. The molecule has 0 bridgehead atoms. The fourth-order valence-corrected chi connectivity index (χ4v) is 4.11. The molecule has 1 amide bonds. The zero-order chi connectivity index (χ0) is 16.4. The minimum atomic E-state index is -0.240. The first-order valence-electron chi connectivity index (χ1n) is 7.76. The van der Waals surface area contributed by atoms with Crippen LogP contribution in [-0.2, 0) is 4.74 Å². The van der Waals surface area contributed by atoms with Crippen LogP contribution in [-0.4, -0.2) is 35.1 Å². The van der Waals surface area contributed by atoms with E-state index in [1.807, 2.05) is 24.3 Å². The third kappa shape index (κ3) is 3.40. The molecule has 0 saturated carbocycles. The van der Waals surface area contributed by atoms with E-state index in [2.05, 4.69) is 20.6 Å². The molecule has 1 aliphatic rings. The summed E-state index contributed by atoms with van der Waals surface area (Å²) in [6.45, 7) is 1.56. The van der Waals surface area contributed by atoms with E-state index in [1.165, 1.54) is 22.7 Å². The Bertz CT molecular complexity index is 822. The topological polar surface area (TPSA) is 76.1 Å². The van der Waals surface area contributed by atoms with Crippen molar-refractivity contribution in [2.75, 3.05) is 23.8 Å². The molecule has 24 heavy (non-hydrogen) atoms. The SMILES string of the molecule is O=C(Nc1nc2ccccc2s1)c1csc(NCC2CCCO2)n1. The lowest BCUT2D eigenvalue weighted by molar-refractivity contribution is 0.102. The first kappa shape index (κ1) is 15.5. The van der Waals surface area contributed by atoms with Gasteiger partial charge in [0.15, 0.2) is 10.3 Å². The van der Waals surface area contributed by atoms with Crippen LogP contribution in [0.3, 0.4) is 0 Å². The van der Waals surface area contributed by atoms with Crippen molar-refractivity contribution < 1.29 is 9.53 Å². The second kappa shape index (κ2) is 6.84. The van der Waals surface area contributed by atoms with Gasteiger partial charge in [0.1, 0.15) is 5.69 Å². The van der Waals surface area contributed by atoms with Crippen LogP contribution in [0.4, 0.5) is 10.3 Å². The Labute approximate surface area is 146 Å². The summed E-state index contributed by atoms with van der Waals surface area (Å²) in [6.07, 6.45) is 2.43. The van der Waals surface area contributed by atoms with Gasteiger partial charge in [0.05, 0.1) is 16.3 Å². The van der Waals surface area contributed by atoms with Crippen LogP contribution in [0.2, 0.25) is 0 Å². The number of ether oxygens (including phenoxy) is 1. The zero-order valence-corrected chi connectivity index (χ0v) is 14.5. The Morgan fingerprint density at radius 3 is 3.04 bits per heavy atom. The molecule has 1 aliphatic heterocycles. The van der Waals surface area contributed by atoms with Gasteiger partial charge < -0.3 is 10.1 Å². The predicted molar refractivity (Wildman–Crippen MR) is 97.2 cm³/mol. The molecular weight excluding hydrogens is 344 g/mol. The molecule has 1 aromatic carbocycles. The van der Waals surface area contributed by atoms with E-state index in [-0.39, 0.29) is 12.0 Å². The number of thiazole rings is 2. The van der Waals surface area contributed by atoms with Crippen molar-refractivity contribution in [2.45, 2.75) is 18.9 Å². The van der Waals surface area contributed by atoms with Crippen LogP contribution in [0.15, 0.2) is 29.6 Å². The predicted octanol–water partition coefficient (Wildman–Crippen LogP) is 3.60. The molecule has 1 saturated heterocycles. The third-order valence-corrected chi connectivity index (χ3v) is 5.51. The average molecular weight is 360 g/mol. The summed E-state index contributed by atoms with van der Waals surface area (Å²) in [5, 5.41) is 9.13. The van der Waals surface area contributed by atoms with E-state index in [1.54, 1.807) is 5.38 Å². The molecular formula is C16H16N4O2S2. The highest BCUT2D eigenvalue weighted by molar-refractivity contribution is 7.22. The maximum Gasteiger partial charge on any atom is 0.276 e. The Morgan fingerprint density at radius 2 is 2.21 bits per heavy atom. The Kier molecular flexibility index (Phi) is 4.42. The minimum Gasteiger partial charge on any atom is -0.376 e. The first-order valence-corrected chi connectivity index (χ1v) is 9.45. The number of rotatable bonds is 5. The van der Waals surface area contributed by atoms with Gasteiger partial charge in [-0.25, -0.2) is 9.97 Å². The minimum absolute atomic E-state index is 0.240. The highest BCUT2D eigenvalue weighted by Crippen LogP contribution is 2.26. The Hall–Kier alpha value is -2.03. The number of hydrogen-bond acceptors (Lipinski definition) is 7. The summed E-state index contributed by atoms with van der Waals surface area (Å²) in [5.74, 6) is -0.240. The second-order valence-electron chi connectivity index (χ2n) is 5.49. The number of aromatic nitrogens is 2. The fraction of sp³-hybridized carbons (Fsp3) is 0.312. The van der Waals surface area contributed by atoms with Gasteiger partial charge >= 0.3 is 0 Å². The molecule has 0 aliphatic carbocycles. The molecule has 0 radical (unpaired) electrons. The molecule has 3 aromatic rings. The van der Waals surface area contributed by atoms with E-state index in [0.717, 1.165) is 41.3 Å². The lowest BCUT2D eigenvalue weighted by Crippen LogP contribution is -2.18. The van der Waals surface area contributed by atoms with Gasteiger partial charge in [0.2, 0.25) is 0 Å². The number of anilines is 2. The largest absolute Gasteiger partial charge is 0.376 e. The molecule has 8 heteroatoms. The number of benzene rings is 1. The lowest BCUT2D eigenvalue weighted by Gasteiger charge is -2.08. The molecule has 2 aromatic heterocycles. The number of nitrogens with zero attached hydrogens (tertiary/aromatic N) is 2. The van der Waals surface area contributed by atoms with Gasteiger partial charge in [0, 0.05) is 18.5 Å². The van der Waals surface area contributed by atoms with Gasteiger partial charge in [-0.05, 0) is 25.0 Å². The van der Waals surface area contributed by atoms with Crippen LogP contribution in [0.5, 0.6) is 0 Å². The maximum absolute atomic E-state index is 12.3. The normalized spacial score (nSPS) is 17.2. The first-order chi connectivity index (χ1) is 11.8. The summed E-state index contributed by atoms with van der Waals surface area (Å²) in [7, 11) is 0. The van der Waals surface area contributed by atoms with Crippen molar-refractivity contribution in [1.82, 2.24) is 9.97 Å². The summed E-state index contributed by atoms with van der Waals surface area (Å²) in [4.78, 5) is 21.1. The van der Waals surface area contributed by atoms with Crippen molar-refractivity contribution in [3.63, 3.8) is 0 Å². The van der Waals surface area contributed by atoms with Gasteiger partial charge in [-0.3, -0.25) is 10.1 Å². The smallest absolute Gasteiger partial charge is 0.276 e. The Balaban J connectivity index is 1.39. The highest BCUT2D eigenvalue weighted by atomic mass is 32.1. The third-order valence-electron chi connectivity index (χ3n) is 3.76. The van der Waals surface area contributed by atoms with Crippen molar-refractivity contribution in [2.24, 2.45) is 0 Å². The quantitative estimate of drug-likeness (QED) is 0.727. The number of fused-ring (bicyclic) bond motifs is 1. The van der Waals surface area contributed by atoms with E-state index in [0.29, 0.717) is 10.8 Å². The van der Waals surface area contributed by atoms with E-state index in [4.69, 9.17) is 4.74 Å². The van der Waals surface area contributed by atoms with Crippen LogP contribution in [0.25, 0.3) is 10.2 Å². The van der Waals surface area contributed by atoms with Crippen molar-refractivity contribution >= 4 is 49.1 Å². The molecule has 2 N–H and O–H groups in total. The molecule has 1 unspecified atom stereocenters. The second-order valence-corrected chi connectivity index (χ2v) is 7.38. The van der Waals surface area contributed by atoms with E-state index < -0.39 is 0 Å². The molecule has 0 spiro atoms. The zero-order valence-electron chi connectivity index (χ0n) is 12.8. The number of amides is 1. The molecule has 1 fully saturated rings. The average Bonchev–Trinajstić information content (AvgIpc) is 3.32. The van der Waals surface area contributed by atoms with Gasteiger partial charge in [-0.15, -0.1) is 11.3 Å². The number of carbonyl (C=O) groups excluding carboxylic acids is 1. The van der Waals surface area contributed by atoms with Crippen LogP contribution >= 0.6 is 22.7 Å². The molecule has 1 atom stereocenters. The molecule has 4 rings (SSSR count). The van der Waals surface area contributed by atoms with Crippen LogP contribution in [0.1, 0.15) is 23.3 Å². The monoisotopic (exact) mass is 360 g/mol. The van der Waals surface area contributed by atoms with E-state index >= 15 is 0 Å². The van der Waals surface area contributed by atoms with E-state index in [9.17, 15) is 4.79 Å². The van der Waals surface area contributed by atoms with Gasteiger partial charge in [-0.1, -0.05) is 23.5 Å². The summed E-state index contributed by atoms with van der Waals surface area (Å²) >= 11 is 2.88. The van der Waals surface area contributed by atoms with Gasteiger partial charge in [-0.2, -0.15) is 0 Å². The highest BCUT2D eigenvalue weighted by Gasteiger charge is 2.17. The molecule has 124 valence electrons. The van der Waals surface area contributed by atoms with Crippen molar-refractivity contribution in [3.05, 3.63) is 35.3 Å². The molecule has 3 heterocycles. The summed E-state index contributed by atoms with van der Waals surface area (Å²) < 4.78 is 6.61. The van der Waals surface area contributed by atoms with Crippen molar-refractivity contribution in [3.8, 4) is 0 Å². The van der Waals surface area contributed by atoms with Crippen LogP contribution in [0, 0.1) is 0 Å². The molecule has 6 nitrogen and oxygen atoms in total. The summed E-state index contributed by atoms with van der Waals surface area (Å²) in [5.41, 5.74) is 1.28. The number of para-hydroxylation sites is 1. The standard InChI is InChI=1S/C16H16N4O2S2/c21-14(20-16-18-11-5-1-2-6-13(11)24-16)12-9-23-15(19-12)17-8-10-4-3-7-22-10/h1-2,5-6,9-10H,3-4,7-8H2,(H,17,19)(H,18,20,21). The number of carbonyl (C=O) groups is 1. The Morgan fingerprint density at radius 1 is 1.29 bits per heavy atom. The van der Waals surface area contributed by atoms with Gasteiger partial charge in [0.25, 0.3) is 5.91 Å². The number of nitrogens with one attached hydrogen (secondary N) is 2. The van der Waals surface area contributed by atoms with Crippen LogP contribution < -0.4 is 10.6 Å². The maximum atomic E-state index is 12.3. The summed E-state index contributed by atoms with van der Waals surface area (Å²) in [6, 6.07) is 7.80.